The predicted molar refractivity (Wildman–Crippen MR) is 73.9 cm³/mol. The van der Waals surface area contributed by atoms with E-state index in [2.05, 4.69) is 0 Å². The van der Waals surface area contributed by atoms with Gasteiger partial charge in [0.25, 0.3) is 0 Å². The Hall–Kier alpha value is -2.49. The van der Waals surface area contributed by atoms with Crippen LogP contribution in [-0.2, 0) is 0 Å². The molecule has 0 saturated carbocycles. The Bertz CT molecular complexity index is 567. The maximum absolute atomic E-state index is 11.2. The van der Waals surface area contributed by atoms with Crippen LogP contribution in [0.4, 0.5) is 17.1 Å². The van der Waals surface area contributed by atoms with E-state index in [1.54, 1.807) is 18.2 Å². The quantitative estimate of drug-likeness (QED) is 0.808. The molecule has 2 rings (SSSR count). The molecule has 2 aromatic rings. The summed E-state index contributed by atoms with van der Waals surface area (Å²) >= 11 is 0. The fourth-order valence-corrected chi connectivity index (χ4v) is 1.78. The minimum absolute atomic E-state index is 0.446. The lowest BCUT2D eigenvalue weighted by molar-refractivity contribution is 0.100. The smallest absolute Gasteiger partial charge is 0.248 e. The third-order valence-corrected chi connectivity index (χ3v) is 2.82. The van der Waals surface area contributed by atoms with Gasteiger partial charge in [-0.05, 0) is 30.3 Å². The molecular weight excluding hydrogens is 226 g/mol. The number of para-hydroxylation sites is 1. The summed E-state index contributed by atoms with van der Waals surface area (Å²) in [7, 11) is 1.89. The Morgan fingerprint density at radius 1 is 1.11 bits per heavy atom. The van der Waals surface area contributed by atoms with Crippen LogP contribution in [0.15, 0.2) is 48.5 Å². The van der Waals surface area contributed by atoms with Gasteiger partial charge in [-0.2, -0.15) is 0 Å². The summed E-state index contributed by atoms with van der Waals surface area (Å²) in [4.78, 5) is 13.1. The van der Waals surface area contributed by atoms with Crippen molar-refractivity contribution >= 4 is 23.0 Å². The van der Waals surface area contributed by atoms with Gasteiger partial charge in [-0.3, -0.25) is 4.79 Å². The van der Waals surface area contributed by atoms with Gasteiger partial charge in [-0.15, -0.1) is 0 Å². The van der Waals surface area contributed by atoms with E-state index in [4.69, 9.17) is 11.5 Å². The number of hydrogen-bond donors (Lipinski definition) is 2. The normalized spacial score (nSPS) is 10.1. The van der Waals surface area contributed by atoms with Crippen LogP contribution in [0.3, 0.4) is 0 Å². The van der Waals surface area contributed by atoms with Crippen LogP contribution in [-0.4, -0.2) is 13.0 Å². The number of primary amides is 1. The Morgan fingerprint density at radius 3 is 2.39 bits per heavy atom. The SMILES string of the molecule is CN(c1ccccc1)c1cc(C(N)=O)ccc1N. The van der Waals surface area contributed by atoms with E-state index in [1.807, 2.05) is 42.3 Å². The molecule has 18 heavy (non-hydrogen) atoms. The van der Waals surface area contributed by atoms with Crippen LogP contribution in [0.1, 0.15) is 10.4 Å². The van der Waals surface area contributed by atoms with E-state index in [1.165, 1.54) is 0 Å². The number of carbonyl (C=O) groups excluding carboxylic acids is 1. The molecule has 0 bridgehead atoms. The number of nitrogen functional groups attached to an aromatic ring is 1. The maximum atomic E-state index is 11.2. The topological polar surface area (TPSA) is 72.3 Å². The first-order valence-corrected chi connectivity index (χ1v) is 5.57. The van der Waals surface area contributed by atoms with Crippen molar-refractivity contribution in [3.05, 3.63) is 54.1 Å². The van der Waals surface area contributed by atoms with Gasteiger partial charge < -0.3 is 16.4 Å². The highest BCUT2D eigenvalue weighted by atomic mass is 16.1. The first kappa shape index (κ1) is 12.0. The Labute approximate surface area is 106 Å². The van der Waals surface area contributed by atoms with E-state index < -0.39 is 5.91 Å². The lowest BCUT2D eigenvalue weighted by Crippen LogP contribution is -2.15. The molecule has 4 heteroatoms. The Kier molecular flexibility index (Phi) is 3.19. The summed E-state index contributed by atoms with van der Waals surface area (Å²) < 4.78 is 0. The summed E-state index contributed by atoms with van der Waals surface area (Å²) in [6.45, 7) is 0. The lowest BCUT2D eigenvalue weighted by atomic mass is 10.1. The fourth-order valence-electron chi connectivity index (χ4n) is 1.78. The molecule has 0 spiro atoms. The van der Waals surface area contributed by atoms with Gasteiger partial charge in [-0.1, -0.05) is 18.2 Å². The molecule has 0 aromatic heterocycles. The van der Waals surface area contributed by atoms with Gasteiger partial charge in [-0.25, -0.2) is 0 Å². The molecule has 0 fully saturated rings. The molecule has 4 nitrogen and oxygen atoms in total. The molecule has 4 N–H and O–H groups in total. The van der Waals surface area contributed by atoms with Gasteiger partial charge in [0.15, 0.2) is 0 Å². The molecule has 0 radical (unpaired) electrons. The van der Waals surface area contributed by atoms with E-state index in [0.29, 0.717) is 11.3 Å². The zero-order valence-electron chi connectivity index (χ0n) is 10.1. The van der Waals surface area contributed by atoms with Crippen molar-refractivity contribution in [3.63, 3.8) is 0 Å². The van der Waals surface area contributed by atoms with E-state index >= 15 is 0 Å². The molecular formula is C14H15N3O. The van der Waals surface area contributed by atoms with Crippen molar-refractivity contribution in [2.45, 2.75) is 0 Å². The first-order valence-electron chi connectivity index (χ1n) is 5.57. The van der Waals surface area contributed by atoms with Gasteiger partial charge in [0, 0.05) is 18.3 Å². The van der Waals surface area contributed by atoms with Crippen LogP contribution in [0.2, 0.25) is 0 Å². The third-order valence-electron chi connectivity index (χ3n) is 2.82. The number of benzene rings is 2. The molecule has 2 aromatic carbocycles. The standard InChI is InChI=1S/C14H15N3O/c1-17(11-5-3-2-4-6-11)13-9-10(14(16)18)7-8-12(13)15/h2-9H,15H2,1H3,(H2,16,18). The summed E-state index contributed by atoms with van der Waals surface area (Å²) in [5.41, 5.74) is 14.0. The highest BCUT2D eigenvalue weighted by molar-refractivity contribution is 5.95. The molecule has 0 unspecified atom stereocenters. The van der Waals surface area contributed by atoms with Gasteiger partial charge >= 0.3 is 0 Å². The van der Waals surface area contributed by atoms with Crippen molar-refractivity contribution in [2.75, 3.05) is 17.7 Å². The zero-order chi connectivity index (χ0) is 13.1. The summed E-state index contributed by atoms with van der Waals surface area (Å²) in [6, 6.07) is 14.8. The molecule has 1 amide bonds. The zero-order valence-corrected chi connectivity index (χ0v) is 10.1. The average Bonchev–Trinajstić information content (AvgIpc) is 2.39. The lowest BCUT2D eigenvalue weighted by Gasteiger charge is -2.21. The number of nitrogens with two attached hydrogens (primary N) is 2. The van der Waals surface area contributed by atoms with Crippen molar-refractivity contribution in [1.29, 1.82) is 0 Å². The molecule has 0 aliphatic heterocycles. The van der Waals surface area contributed by atoms with E-state index in [9.17, 15) is 4.79 Å². The van der Waals surface area contributed by atoms with Crippen LogP contribution < -0.4 is 16.4 Å². The Morgan fingerprint density at radius 2 is 1.78 bits per heavy atom. The van der Waals surface area contributed by atoms with Gasteiger partial charge in [0.2, 0.25) is 5.91 Å². The summed E-state index contributed by atoms with van der Waals surface area (Å²) in [5, 5.41) is 0. The molecule has 0 atom stereocenters. The molecule has 0 saturated heterocycles. The predicted octanol–water partition coefficient (Wildman–Crippen LogP) is 2.14. The molecule has 0 aliphatic carbocycles. The van der Waals surface area contributed by atoms with E-state index in [-0.39, 0.29) is 0 Å². The largest absolute Gasteiger partial charge is 0.397 e. The van der Waals surface area contributed by atoms with Crippen molar-refractivity contribution in [3.8, 4) is 0 Å². The first-order chi connectivity index (χ1) is 8.59. The van der Waals surface area contributed by atoms with Crippen molar-refractivity contribution in [1.82, 2.24) is 0 Å². The fraction of sp³-hybridized carbons (Fsp3) is 0.0714. The molecule has 0 aliphatic rings. The number of amides is 1. The van der Waals surface area contributed by atoms with Crippen molar-refractivity contribution < 1.29 is 4.79 Å². The number of carbonyl (C=O) groups is 1. The molecule has 0 heterocycles. The highest BCUT2D eigenvalue weighted by Crippen LogP contribution is 2.29. The van der Waals surface area contributed by atoms with Crippen molar-refractivity contribution in [2.24, 2.45) is 5.73 Å². The second-order valence-electron chi connectivity index (χ2n) is 4.03. The number of rotatable bonds is 3. The van der Waals surface area contributed by atoms with Gasteiger partial charge in [0.1, 0.15) is 0 Å². The van der Waals surface area contributed by atoms with Crippen LogP contribution in [0.5, 0.6) is 0 Å². The summed E-state index contributed by atoms with van der Waals surface area (Å²) in [6.07, 6.45) is 0. The van der Waals surface area contributed by atoms with Crippen LogP contribution in [0.25, 0.3) is 0 Å². The Balaban J connectivity index is 2.44. The second kappa shape index (κ2) is 4.79. The monoisotopic (exact) mass is 241 g/mol. The number of anilines is 3. The van der Waals surface area contributed by atoms with E-state index in [0.717, 1.165) is 11.4 Å². The minimum atomic E-state index is -0.460. The highest BCUT2D eigenvalue weighted by Gasteiger charge is 2.10. The minimum Gasteiger partial charge on any atom is -0.397 e. The van der Waals surface area contributed by atoms with Crippen LogP contribution in [0, 0.1) is 0 Å². The number of hydrogen-bond acceptors (Lipinski definition) is 3. The third kappa shape index (κ3) is 2.27. The number of nitrogens with zero attached hydrogens (tertiary/aromatic N) is 1. The van der Waals surface area contributed by atoms with Crippen LogP contribution >= 0.6 is 0 Å². The van der Waals surface area contributed by atoms with Gasteiger partial charge in [0.05, 0.1) is 11.4 Å². The maximum Gasteiger partial charge on any atom is 0.248 e. The summed E-state index contributed by atoms with van der Waals surface area (Å²) in [5.74, 6) is -0.460. The molecule has 92 valence electrons. The average molecular weight is 241 g/mol. The second-order valence-corrected chi connectivity index (χ2v) is 4.03.